The number of benzene rings is 3. The predicted octanol–water partition coefficient (Wildman–Crippen LogP) is 8.31. The third-order valence-electron chi connectivity index (χ3n) is 5.98. The summed E-state index contributed by atoms with van der Waals surface area (Å²) in [5.74, 6) is 0.0699. The van der Waals surface area contributed by atoms with E-state index in [9.17, 15) is 4.79 Å². The normalized spacial score (nSPS) is 11.3. The molecule has 1 N–H and O–H groups in total. The Labute approximate surface area is 216 Å². The summed E-state index contributed by atoms with van der Waals surface area (Å²) >= 11 is 12.8. The number of halogens is 2. The number of nitrogens with one attached hydrogen (secondary N) is 1. The summed E-state index contributed by atoms with van der Waals surface area (Å²) in [6.45, 7) is 4.77. The van der Waals surface area contributed by atoms with E-state index in [-0.39, 0.29) is 5.78 Å². The van der Waals surface area contributed by atoms with Crippen LogP contribution in [-0.4, -0.2) is 29.8 Å². The molecular formula is C29H29Cl2N3O. The van der Waals surface area contributed by atoms with Gasteiger partial charge in [-0.3, -0.25) is 9.78 Å². The minimum Gasteiger partial charge on any atom is -0.354 e. The van der Waals surface area contributed by atoms with E-state index in [1.165, 1.54) is 5.56 Å². The number of rotatable bonds is 8. The molecule has 0 aliphatic carbocycles. The van der Waals surface area contributed by atoms with Crippen LogP contribution in [0.3, 0.4) is 0 Å². The lowest BCUT2D eigenvalue weighted by molar-refractivity contribution is 0.0982. The highest BCUT2D eigenvalue weighted by Gasteiger charge is 2.17. The highest BCUT2D eigenvalue weighted by atomic mass is 35.5. The van der Waals surface area contributed by atoms with Crippen molar-refractivity contribution in [2.45, 2.75) is 33.2 Å². The zero-order valence-electron chi connectivity index (χ0n) is 20.5. The first-order valence-corrected chi connectivity index (χ1v) is 12.4. The van der Waals surface area contributed by atoms with Crippen LogP contribution in [0.5, 0.6) is 0 Å². The molecule has 0 saturated carbocycles. The van der Waals surface area contributed by atoms with Crippen LogP contribution < -0.4 is 5.32 Å². The largest absolute Gasteiger partial charge is 0.354 e. The molecule has 4 rings (SSSR count). The number of aromatic nitrogens is 1. The second-order valence-electron chi connectivity index (χ2n) is 9.08. The molecule has 0 atom stereocenters. The zero-order valence-corrected chi connectivity index (χ0v) is 22.0. The molecule has 35 heavy (non-hydrogen) atoms. The number of pyridine rings is 1. The molecule has 180 valence electrons. The van der Waals surface area contributed by atoms with Gasteiger partial charge in [-0.2, -0.15) is 0 Å². The number of hydrogen-bond acceptors (Lipinski definition) is 4. The van der Waals surface area contributed by atoms with E-state index in [1.807, 2.05) is 70.4 Å². The SMILES string of the molecule is CCCC(=O)c1cnc2ccc(-c3cc(Cl)c(C)c(Cl)c3)cc2c1Nc1ccc(CN(C)C)cc1. The van der Waals surface area contributed by atoms with Gasteiger partial charge in [0.25, 0.3) is 0 Å². The summed E-state index contributed by atoms with van der Waals surface area (Å²) in [5.41, 5.74) is 7.01. The molecule has 4 nitrogen and oxygen atoms in total. The summed E-state index contributed by atoms with van der Waals surface area (Å²) < 4.78 is 0. The molecule has 0 fully saturated rings. The molecule has 0 radical (unpaired) electrons. The van der Waals surface area contributed by atoms with E-state index in [0.717, 1.165) is 51.9 Å². The number of nitrogens with zero attached hydrogens (tertiary/aromatic N) is 2. The molecule has 3 aromatic carbocycles. The fourth-order valence-corrected chi connectivity index (χ4v) is 4.58. The lowest BCUT2D eigenvalue weighted by atomic mass is 9.98. The van der Waals surface area contributed by atoms with Crippen molar-refractivity contribution in [2.75, 3.05) is 19.4 Å². The van der Waals surface area contributed by atoms with Crippen LogP contribution >= 0.6 is 23.2 Å². The number of fused-ring (bicyclic) bond motifs is 1. The van der Waals surface area contributed by atoms with E-state index in [0.29, 0.717) is 22.0 Å². The third-order valence-corrected chi connectivity index (χ3v) is 6.77. The Bertz CT molecular complexity index is 1360. The lowest BCUT2D eigenvalue weighted by Crippen LogP contribution is -2.10. The van der Waals surface area contributed by atoms with Gasteiger partial charge in [-0.1, -0.05) is 48.3 Å². The molecule has 1 aromatic heterocycles. The second kappa shape index (κ2) is 10.8. The summed E-state index contributed by atoms with van der Waals surface area (Å²) in [4.78, 5) is 19.8. The van der Waals surface area contributed by atoms with Crippen LogP contribution in [0.4, 0.5) is 11.4 Å². The molecule has 6 heteroatoms. The second-order valence-corrected chi connectivity index (χ2v) is 9.89. The minimum absolute atomic E-state index is 0.0699. The van der Waals surface area contributed by atoms with Crippen molar-refractivity contribution in [2.24, 2.45) is 0 Å². The first kappa shape index (κ1) is 25.2. The van der Waals surface area contributed by atoms with Crippen molar-refractivity contribution in [3.8, 4) is 11.1 Å². The highest BCUT2D eigenvalue weighted by Crippen LogP contribution is 2.36. The molecular weight excluding hydrogens is 477 g/mol. The maximum atomic E-state index is 13.0. The van der Waals surface area contributed by atoms with Gasteiger partial charge in [0.1, 0.15) is 0 Å². The van der Waals surface area contributed by atoms with Gasteiger partial charge in [0.15, 0.2) is 5.78 Å². The van der Waals surface area contributed by atoms with Crippen LogP contribution in [0.2, 0.25) is 10.0 Å². The fourth-order valence-electron chi connectivity index (χ4n) is 4.09. The van der Waals surface area contributed by atoms with Crippen LogP contribution in [0.15, 0.2) is 60.8 Å². The van der Waals surface area contributed by atoms with E-state index >= 15 is 0 Å². The first-order chi connectivity index (χ1) is 16.8. The molecule has 0 aliphatic rings. The minimum atomic E-state index is 0.0699. The predicted molar refractivity (Wildman–Crippen MR) is 148 cm³/mol. The molecule has 0 unspecified atom stereocenters. The summed E-state index contributed by atoms with van der Waals surface area (Å²) in [5, 5.41) is 5.63. The number of anilines is 2. The van der Waals surface area contributed by atoms with Crippen molar-refractivity contribution in [3.63, 3.8) is 0 Å². The molecule has 0 bridgehead atoms. The number of carbonyl (C=O) groups is 1. The maximum absolute atomic E-state index is 13.0. The monoisotopic (exact) mass is 505 g/mol. The van der Waals surface area contributed by atoms with Gasteiger partial charge in [0.05, 0.1) is 16.8 Å². The number of Topliss-reactive ketones (excluding diaryl/α,β-unsaturated/α-hetero) is 1. The number of carbonyl (C=O) groups excluding carboxylic acids is 1. The Hall–Kier alpha value is -2.92. The maximum Gasteiger partial charge on any atom is 0.166 e. The Morgan fingerprint density at radius 2 is 1.66 bits per heavy atom. The van der Waals surface area contributed by atoms with Gasteiger partial charge in [-0.15, -0.1) is 0 Å². The Morgan fingerprint density at radius 3 is 2.29 bits per heavy atom. The van der Waals surface area contributed by atoms with Crippen molar-refractivity contribution in [1.29, 1.82) is 0 Å². The van der Waals surface area contributed by atoms with Gasteiger partial charge in [-0.05, 0) is 86.1 Å². The molecule has 4 aromatic rings. The highest BCUT2D eigenvalue weighted by molar-refractivity contribution is 6.36. The fraction of sp³-hybridized carbons (Fsp3) is 0.241. The smallest absolute Gasteiger partial charge is 0.166 e. The Morgan fingerprint density at radius 1 is 0.971 bits per heavy atom. The topological polar surface area (TPSA) is 45.2 Å². The van der Waals surface area contributed by atoms with E-state index in [4.69, 9.17) is 23.2 Å². The van der Waals surface area contributed by atoms with Crippen molar-refractivity contribution in [1.82, 2.24) is 9.88 Å². The zero-order chi connectivity index (χ0) is 25.1. The van der Waals surface area contributed by atoms with E-state index in [1.54, 1.807) is 6.20 Å². The molecule has 0 amide bonds. The summed E-state index contributed by atoms with van der Waals surface area (Å²) in [6.07, 6.45) is 2.92. The van der Waals surface area contributed by atoms with Gasteiger partial charge < -0.3 is 10.2 Å². The molecule has 0 spiro atoms. The molecule has 0 aliphatic heterocycles. The van der Waals surface area contributed by atoms with E-state index in [2.05, 4.69) is 27.3 Å². The van der Waals surface area contributed by atoms with Gasteiger partial charge >= 0.3 is 0 Å². The van der Waals surface area contributed by atoms with Gasteiger partial charge in [-0.25, -0.2) is 0 Å². The number of ketones is 1. The van der Waals surface area contributed by atoms with Crippen LogP contribution in [0.1, 0.15) is 41.3 Å². The molecule has 1 heterocycles. The average molecular weight is 506 g/mol. The Balaban J connectivity index is 1.84. The van der Waals surface area contributed by atoms with Crippen molar-refractivity contribution in [3.05, 3.63) is 87.5 Å². The van der Waals surface area contributed by atoms with Gasteiger partial charge in [0.2, 0.25) is 0 Å². The molecule has 0 saturated heterocycles. The van der Waals surface area contributed by atoms with Crippen LogP contribution in [-0.2, 0) is 6.54 Å². The van der Waals surface area contributed by atoms with Crippen molar-refractivity contribution >= 4 is 51.3 Å². The van der Waals surface area contributed by atoms with E-state index < -0.39 is 0 Å². The lowest BCUT2D eigenvalue weighted by Gasteiger charge is -2.16. The van der Waals surface area contributed by atoms with Crippen LogP contribution in [0.25, 0.3) is 22.0 Å². The summed E-state index contributed by atoms with van der Waals surface area (Å²) in [7, 11) is 4.10. The van der Waals surface area contributed by atoms with Gasteiger partial charge in [0, 0.05) is 40.3 Å². The summed E-state index contributed by atoms with van der Waals surface area (Å²) in [6, 6.07) is 18.1. The quantitative estimate of drug-likeness (QED) is 0.244. The van der Waals surface area contributed by atoms with Crippen molar-refractivity contribution < 1.29 is 4.79 Å². The van der Waals surface area contributed by atoms with Crippen LogP contribution in [0, 0.1) is 6.92 Å². The third kappa shape index (κ3) is 5.67. The first-order valence-electron chi connectivity index (χ1n) is 11.7. The average Bonchev–Trinajstić information content (AvgIpc) is 2.83. The standard InChI is InChI=1S/C29H29Cl2N3O/c1-5-6-28(35)24-16-32-27-12-9-20(21-14-25(30)18(2)26(31)15-21)13-23(27)29(24)33-22-10-7-19(8-11-22)17-34(3)4/h7-16H,5-6,17H2,1-4H3,(H,32,33). The Kier molecular flexibility index (Phi) is 7.75. The number of hydrogen-bond donors (Lipinski definition) is 1.